The lowest BCUT2D eigenvalue weighted by Crippen LogP contribution is -2.00. The molecule has 102 valence electrons. The zero-order valence-electron chi connectivity index (χ0n) is 10.9. The van der Waals surface area contributed by atoms with Crippen LogP contribution in [0.15, 0.2) is 24.5 Å². The van der Waals surface area contributed by atoms with Gasteiger partial charge in [0.25, 0.3) is 0 Å². The molecular weight excluding hydrogens is 260 g/mol. The van der Waals surface area contributed by atoms with Crippen molar-refractivity contribution in [3.05, 3.63) is 30.2 Å². The van der Waals surface area contributed by atoms with Gasteiger partial charge in [0.2, 0.25) is 0 Å². The molecule has 3 rings (SSSR count). The summed E-state index contributed by atoms with van der Waals surface area (Å²) in [7, 11) is 0. The van der Waals surface area contributed by atoms with E-state index in [9.17, 15) is 4.79 Å². The van der Waals surface area contributed by atoms with Crippen LogP contribution in [0.3, 0.4) is 0 Å². The van der Waals surface area contributed by atoms with Crippen LogP contribution in [0.4, 0.5) is 0 Å². The summed E-state index contributed by atoms with van der Waals surface area (Å²) in [6.45, 7) is 2.28. The van der Waals surface area contributed by atoms with E-state index in [-0.39, 0.29) is 5.69 Å². The highest BCUT2D eigenvalue weighted by molar-refractivity contribution is 8.00. The van der Waals surface area contributed by atoms with Crippen LogP contribution < -0.4 is 0 Å². The number of aromatic carboxylic acids is 1. The van der Waals surface area contributed by atoms with Gasteiger partial charge in [-0.3, -0.25) is 4.98 Å². The number of pyridine rings is 1. The van der Waals surface area contributed by atoms with E-state index in [0.717, 1.165) is 16.5 Å². The normalized spacial score (nSPS) is 18.1. The molecule has 5 heteroatoms. The number of carbonyl (C=O) groups is 1. The molecule has 0 bridgehead atoms. The number of H-pyrrole nitrogens is 1. The summed E-state index contributed by atoms with van der Waals surface area (Å²) in [5.74, 6) is 0.455. The lowest BCUT2D eigenvalue weighted by atomic mass is 10.2. The van der Waals surface area contributed by atoms with Crippen molar-refractivity contribution in [2.24, 2.45) is 0 Å². The van der Waals surface area contributed by atoms with E-state index in [0.29, 0.717) is 0 Å². The minimum Gasteiger partial charge on any atom is -0.477 e. The maximum absolute atomic E-state index is 10.5. The van der Waals surface area contributed by atoms with Crippen molar-refractivity contribution in [2.45, 2.75) is 31.4 Å². The number of thioether (sulfide) groups is 1. The van der Waals surface area contributed by atoms with Crippen molar-refractivity contribution in [3.8, 4) is 11.3 Å². The lowest BCUT2D eigenvalue weighted by molar-refractivity contribution is 0.0690. The molecule has 0 aliphatic carbocycles. The van der Waals surface area contributed by atoms with Crippen LogP contribution in [0, 0.1) is 0 Å². The second kappa shape index (κ2) is 6.61. The predicted octanol–water partition coefficient (Wildman–Crippen LogP) is 3.50. The SMILES string of the molecule is CCC1CCCS1.O=C(O)c1cc2ccnc-2c[nH]1. The van der Waals surface area contributed by atoms with Crippen molar-refractivity contribution >= 4 is 17.7 Å². The molecular formula is C14H18N2O2S. The molecule has 0 radical (unpaired) electrons. The van der Waals surface area contributed by atoms with Crippen molar-refractivity contribution in [3.63, 3.8) is 0 Å². The Balaban J connectivity index is 0.000000163. The molecule has 0 aromatic heterocycles. The minimum atomic E-state index is -0.960. The Kier molecular flexibility index (Phi) is 4.85. The van der Waals surface area contributed by atoms with E-state index >= 15 is 0 Å². The van der Waals surface area contributed by atoms with Crippen LogP contribution in [0.5, 0.6) is 0 Å². The van der Waals surface area contributed by atoms with Gasteiger partial charge in [0.15, 0.2) is 0 Å². The Labute approximate surface area is 117 Å². The summed E-state index contributed by atoms with van der Waals surface area (Å²) in [6.07, 6.45) is 7.54. The quantitative estimate of drug-likeness (QED) is 0.882. The first-order valence-electron chi connectivity index (χ1n) is 6.48. The number of nitrogens with one attached hydrogen (secondary N) is 1. The van der Waals surface area contributed by atoms with E-state index in [1.807, 2.05) is 0 Å². The van der Waals surface area contributed by atoms with E-state index in [2.05, 4.69) is 28.7 Å². The zero-order chi connectivity index (χ0) is 13.7. The molecule has 0 aromatic carbocycles. The van der Waals surface area contributed by atoms with Gasteiger partial charge in [0, 0.05) is 23.2 Å². The average Bonchev–Trinajstić information content (AvgIpc) is 3.09. The Hall–Kier alpha value is -1.49. The van der Waals surface area contributed by atoms with E-state index in [1.165, 1.54) is 25.0 Å². The maximum atomic E-state index is 10.5. The topological polar surface area (TPSA) is 66.0 Å². The van der Waals surface area contributed by atoms with Crippen LogP contribution in [-0.2, 0) is 0 Å². The van der Waals surface area contributed by atoms with E-state index in [4.69, 9.17) is 5.11 Å². The number of nitrogens with zero attached hydrogens (tertiary/aromatic N) is 1. The fourth-order valence-electron chi connectivity index (χ4n) is 2.03. The Morgan fingerprint density at radius 1 is 1.63 bits per heavy atom. The number of carboxylic acids is 1. The van der Waals surface area contributed by atoms with Crippen LogP contribution in [0.25, 0.3) is 11.3 Å². The second-order valence-electron chi connectivity index (χ2n) is 4.48. The smallest absolute Gasteiger partial charge is 0.352 e. The van der Waals surface area contributed by atoms with Crippen LogP contribution >= 0.6 is 11.8 Å². The van der Waals surface area contributed by atoms with E-state index < -0.39 is 5.97 Å². The first kappa shape index (κ1) is 13.9. The molecule has 1 atom stereocenters. The third kappa shape index (κ3) is 3.73. The standard InChI is InChI=1S/C8H6N2O2.C6H12S/c11-8(12)6-3-5-1-2-9-7(5)4-10-6;1-2-6-4-3-5-7-6/h1-4,10H,(H,11,12);6H,2-5H2,1H3. The highest BCUT2D eigenvalue weighted by atomic mass is 32.2. The average molecular weight is 278 g/mol. The Morgan fingerprint density at radius 2 is 2.47 bits per heavy atom. The summed E-state index contributed by atoms with van der Waals surface area (Å²) in [4.78, 5) is 17.1. The van der Waals surface area contributed by atoms with Crippen molar-refractivity contribution < 1.29 is 9.90 Å². The molecule has 3 heterocycles. The number of fused-ring (bicyclic) bond motifs is 1. The number of carboxylic acid groups (broad SMARTS) is 1. The highest BCUT2D eigenvalue weighted by Crippen LogP contribution is 2.27. The predicted molar refractivity (Wildman–Crippen MR) is 77.9 cm³/mol. The molecule has 0 spiro atoms. The van der Waals surface area contributed by atoms with Gasteiger partial charge < -0.3 is 10.1 Å². The number of aromatic nitrogens is 2. The van der Waals surface area contributed by atoms with Crippen LogP contribution in [-0.4, -0.2) is 32.0 Å². The molecule has 4 nitrogen and oxygen atoms in total. The first-order valence-corrected chi connectivity index (χ1v) is 7.53. The van der Waals surface area contributed by atoms with Gasteiger partial charge in [-0.25, -0.2) is 4.79 Å². The molecule has 19 heavy (non-hydrogen) atoms. The maximum Gasteiger partial charge on any atom is 0.352 e. The van der Waals surface area contributed by atoms with Gasteiger partial charge in [0.05, 0.1) is 5.69 Å². The third-order valence-electron chi connectivity index (χ3n) is 3.14. The Bertz CT molecular complexity index is 506. The van der Waals surface area contributed by atoms with Crippen molar-refractivity contribution in [1.82, 2.24) is 9.97 Å². The summed E-state index contributed by atoms with van der Waals surface area (Å²) in [5.41, 5.74) is 1.79. The molecule has 1 saturated heterocycles. The van der Waals surface area contributed by atoms with Crippen LogP contribution in [0.1, 0.15) is 36.7 Å². The first-order chi connectivity index (χ1) is 9.20. The fourth-order valence-corrected chi connectivity index (χ4v) is 3.27. The number of rotatable bonds is 2. The third-order valence-corrected chi connectivity index (χ3v) is 4.70. The second-order valence-corrected chi connectivity index (χ2v) is 5.89. The molecule has 0 aromatic rings. The fraction of sp³-hybridized carbons (Fsp3) is 0.429. The summed E-state index contributed by atoms with van der Waals surface area (Å²) < 4.78 is 0. The van der Waals surface area contributed by atoms with Gasteiger partial charge in [-0.15, -0.1) is 0 Å². The number of hydrogen-bond donors (Lipinski definition) is 2. The zero-order valence-corrected chi connectivity index (χ0v) is 11.7. The molecule has 0 saturated carbocycles. The molecule has 1 unspecified atom stereocenters. The summed E-state index contributed by atoms with van der Waals surface area (Å²) in [5, 5.41) is 9.64. The monoisotopic (exact) mass is 278 g/mol. The van der Waals surface area contributed by atoms with E-state index in [1.54, 1.807) is 24.5 Å². The molecule has 3 aliphatic heterocycles. The summed E-state index contributed by atoms with van der Waals surface area (Å²) in [6, 6.07) is 3.33. The van der Waals surface area contributed by atoms with Crippen molar-refractivity contribution in [2.75, 3.05) is 5.75 Å². The van der Waals surface area contributed by atoms with Gasteiger partial charge in [-0.1, -0.05) is 6.92 Å². The van der Waals surface area contributed by atoms with Crippen molar-refractivity contribution in [1.29, 1.82) is 0 Å². The van der Waals surface area contributed by atoms with Gasteiger partial charge in [0.1, 0.15) is 5.69 Å². The molecule has 1 fully saturated rings. The molecule has 3 aliphatic rings. The molecule has 0 amide bonds. The van der Waals surface area contributed by atoms with Gasteiger partial charge in [-0.05, 0) is 37.1 Å². The highest BCUT2D eigenvalue weighted by Gasteiger charge is 2.11. The molecule has 2 N–H and O–H groups in total. The minimum absolute atomic E-state index is 0.176. The Morgan fingerprint density at radius 3 is 3.05 bits per heavy atom. The number of aromatic amines is 1. The van der Waals surface area contributed by atoms with Crippen LogP contribution in [0.2, 0.25) is 0 Å². The largest absolute Gasteiger partial charge is 0.477 e. The lowest BCUT2D eigenvalue weighted by Gasteiger charge is -1.99. The summed E-state index contributed by atoms with van der Waals surface area (Å²) >= 11 is 2.14. The number of hydrogen-bond acceptors (Lipinski definition) is 3. The van der Waals surface area contributed by atoms with Gasteiger partial charge >= 0.3 is 5.97 Å². The van der Waals surface area contributed by atoms with Gasteiger partial charge in [-0.2, -0.15) is 11.8 Å².